The van der Waals surface area contributed by atoms with Gasteiger partial charge in [0.2, 0.25) is 11.7 Å². The van der Waals surface area contributed by atoms with E-state index in [2.05, 4.69) is 21.2 Å². The van der Waals surface area contributed by atoms with Crippen molar-refractivity contribution in [2.45, 2.75) is 26.4 Å². The predicted molar refractivity (Wildman–Crippen MR) is 112 cm³/mol. The number of furan rings is 1. The minimum Gasteiger partial charge on any atom is -0.464 e. The number of aryl methyl sites for hydroxylation is 2. The Morgan fingerprint density at radius 3 is 3.00 bits per heavy atom. The average Bonchev–Trinajstić information content (AvgIpc) is 3.45. The minimum absolute atomic E-state index is 0.0150. The van der Waals surface area contributed by atoms with Gasteiger partial charge >= 0.3 is 0 Å². The van der Waals surface area contributed by atoms with Gasteiger partial charge in [0.05, 0.1) is 25.8 Å². The van der Waals surface area contributed by atoms with E-state index in [4.69, 9.17) is 13.7 Å². The number of carbonyl (C=O) groups excluding carboxylic acids is 1. The first-order valence-corrected chi connectivity index (χ1v) is 10.2. The van der Waals surface area contributed by atoms with E-state index in [-0.39, 0.29) is 12.3 Å². The number of pyridine rings is 1. The maximum atomic E-state index is 13.0. The summed E-state index contributed by atoms with van der Waals surface area (Å²) in [6.07, 6.45) is 4.86. The highest BCUT2D eigenvalue weighted by molar-refractivity contribution is 5.89. The molecular formula is C23H22N4O4. The summed E-state index contributed by atoms with van der Waals surface area (Å²) in [5.41, 5.74) is 4.77. The molecule has 3 aromatic heterocycles. The minimum atomic E-state index is -0.457. The molecule has 1 aliphatic heterocycles. The van der Waals surface area contributed by atoms with Crippen molar-refractivity contribution in [3.8, 4) is 11.4 Å². The van der Waals surface area contributed by atoms with E-state index >= 15 is 0 Å². The molecule has 4 heterocycles. The second kappa shape index (κ2) is 7.96. The van der Waals surface area contributed by atoms with Gasteiger partial charge in [0, 0.05) is 35.5 Å². The molecule has 0 bridgehead atoms. The zero-order valence-electron chi connectivity index (χ0n) is 17.4. The van der Waals surface area contributed by atoms with Crippen molar-refractivity contribution in [3.05, 3.63) is 65.5 Å². The lowest BCUT2D eigenvalue weighted by Crippen LogP contribution is -2.43. The van der Waals surface area contributed by atoms with E-state index in [0.29, 0.717) is 31.4 Å². The number of morpholine rings is 1. The van der Waals surface area contributed by atoms with Crippen LogP contribution in [0.4, 0.5) is 0 Å². The third-order valence-electron chi connectivity index (χ3n) is 5.74. The van der Waals surface area contributed by atoms with Crippen LogP contribution in [0.5, 0.6) is 0 Å². The van der Waals surface area contributed by atoms with Crippen LogP contribution in [-0.4, -0.2) is 45.6 Å². The number of rotatable bonds is 4. The Labute approximate surface area is 178 Å². The molecule has 1 aromatic carbocycles. The maximum Gasteiger partial charge on any atom is 0.257 e. The van der Waals surface area contributed by atoms with Gasteiger partial charge in [0.1, 0.15) is 5.58 Å². The van der Waals surface area contributed by atoms with Crippen LogP contribution in [-0.2, 0) is 16.0 Å². The van der Waals surface area contributed by atoms with Crippen LogP contribution in [0.25, 0.3) is 22.4 Å². The number of fused-ring (bicyclic) bond motifs is 1. The van der Waals surface area contributed by atoms with Crippen LogP contribution in [0.15, 0.2) is 51.9 Å². The molecule has 1 amide bonds. The highest BCUT2D eigenvalue weighted by Crippen LogP contribution is 2.28. The number of benzene rings is 1. The Morgan fingerprint density at radius 1 is 1.26 bits per heavy atom. The normalized spacial score (nSPS) is 16.7. The SMILES string of the molecule is Cc1ccc2c(CC(=O)N3CCO[C@@H](c4nc(-c5cccnc5)no4)C3)coc2c1C. The molecule has 4 aromatic rings. The van der Waals surface area contributed by atoms with Crippen molar-refractivity contribution in [1.29, 1.82) is 0 Å². The molecule has 5 rings (SSSR count). The van der Waals surface area contributed by atoms with Crippen LogP contribution >= 0.6 is 0 Å². The van der Waals surface area contributed by atoms with Gasteiger partial charge in [0.15, 0.2) is 6.10 Å². The van der Waals surface area contributed by atoms with Crippen molar-refractivity contribution in [2.75, 3.05) is 19.7 Å². The summed E-state index contributed by atoms with van der Waals surface area (Å²) in [6, 6.07) is 7.74. The van der Waals surface area contributed by atoms with Crippen molar-refractivity contribution in [3.63, 3.8) is 0 Å². The second-order valence-corrected chi connectivity index (χ2v) is 7.72. The summed E-state index contributed by atoms with van der Waals surface area (Å²) in [5.74, 6) is 0.822. The molecule has 0 spiro atoms. The zero-order valence-corrected chi connectivity index (χ0v) is 17.4. The molecule has 0 aliphatic carbocycles. The highest BCUT2D eigenvalue weighted by Gasteiger charge is 2.30. The Bertz CT molecular complexity index is 1230. The van der Waals surface area contributed by atoms with Crippen LogP contribution in [0.2, 0.25) is 0 Å². The zero-order chi connectivity index (χ0) is 21.4. The fraction of sp³-hybridized carbons (Fsp3) is 0.304. The highest BCUT2D eigenvalue weighted by atomic mass is 16.5. The standard InChI is InChI=1S/C23H22N4O4/c1-14-5-6-18-17(13-30-21(18)15(14)2)10-20(28)27-8-9-29-19(12-27)23-25-22(26-31-23)16-4-3-7-24-11-16/h3-7,11,13,19H,8-10,12H2,1-2H3/t19-/m1/s1. The molecule has 31 heavy (non-hydrogen) atoms. The van der Waals surface area contributed by atoms with Crippen LogP contribution in [0.1, 0.15) is 28.7 Å². The third kappa shape index (κ3) is 3.70. The summed E-state index contributed by atoms with van der Waals surface area (Å²) in [5, 5.41) is 5.01. The smallest absolute Gasteiger partial charge is 0.257 e. The van der Waals surface area contributed by atoms with Gasteiger partial charge in [-0.3, -0.25) is 9.78 Å². The van der Waals surface area contributed by atoms with E-state index in [1.165, 1.54) is 5.56 Å². The Kier molecular flexibility index (Phi) is 4.99. The van der Waals surface area contributed by atoms with Gasteiger partial charge in [-0.15, -0.1) is 0 Å². The first-order chi connectivity index (χ1) is 15.1. The summed E-state index contributed by atoms with van der Waals surface area (Å²) in [6.45, 7) is 5.37. The van der Waals surface area contributed by atoms with E-state index in [1.54, 1.807) is 23.6 Å². The topological polar surface area (TPSA) is 94.5 Å². The maximum absolute atomic E-state index is 13.0. The molecule has 1 atom stereocenters. The van der Waals surface area contributed by atoms with E-state index in [9.17, 15) is 4.79 Å². The van der Waals surface area contributed by atoms with Crippen molar-refractivity contribution < 1.29 is 18.5 Å². The Morgan fingerprint density at radius 2 is 2.16 bits per heavy atom. The quantitative estimate of drug-likeness (QED) is 0.499. The lowest BCUT2D eigenvalue weighted by Gasteiger charge is -2.31. The van der Waals surface area contributed by atoms with Crippen molar-refractivity contribution in [2.24, 2.45) is 0 Å². The summed E-state index contributed by atoms with van der Waals surface area (Å²) in [7, 11) is 0. The van der Waals surface area contributed by atoms with Crippen LogP contribution in [0, 0.1) is 13.8 Å². The molecule has 0 radical (unpaired) electrons. The molecular weight excluding hydrogens is 396 g/mol. The van der Waals surface area contributed by atoms with E-state index in [0.717, 1.165) is 27.7 Å². The largest absolute Gasteiger partial charge is 0.464 e. The number of aromatic nitrogens is 3. The molecule has 1 saturated heterocycles. The van der Waals surface area contributed by atoms with Crippen molar-refractivity contribution >= 4 is 16.9 Å². The molecule has 0 N–H and O–H groups in total. The van der Waals surface area contributed by atoms with Gasteiger partial charge in [-0.2, -0.15) is 4.98 Å². The van der Waals surface area contributed by atoms with E-state index in [1.807, 2.05) is 32.0 Å². The number of hydrogen-bond acceptors (Lipinski definition) is 7. The van der Waals surface area contributed by atoms with E-state index < -0.39 is 6.10 Å². The average molecular weight is 418 g/mol. The molecule has 0 saturated carbocycles. The van der Waals surface area contributed by atoms with Gasteiger partial charge in [-0.1, -0.05) is 17.3 Å². The monoisotopic (exact) mass is 418 g/mol. The van der Waals surface area contributed by atoms with Crippen LogP contribution < -0.4 is 0 Å². The molecule has 158 valence electrons. The fourth-order valence-corrected chi connectivity index (χ4v) is 3.80. The van der Waals surface area contributed by atoms with Gasteiger partial charge < -0.3 is 18.6 Å². The number of ether oxygens (including phenoxy) is 1. The van der Waals surface area contributed by atoms with Gasteiger partial charge in [-0.05, 0) is 37.1 Å². The molecule has 8 heteroatoms. The number of nitrogens with zero attached hydrogens (tertiary/aromatic N) is 4. The Hall–Kier alpha value is -3.52. The lowest BCUT2D eigenvalue weighted by atomic mass is 10.0. The summed E-state index contributed by atoms with van der Waals surface area (Å²) < 4.78 is 17.0. The third-order valence-corrected chi connectivity index (χ3v) is 5.74. The number of carbonyl (C=O) groups is 1. The second-order valence-electron chi connectivity index (χ2n) is 7.72. The Balaban J connectivity index is 1.30. The molecule has 1 aliphatic rings. The summed E-state index contributed by atoms with van der Waals surface area (Å²) >= 11 is 0. The fourth-order valence-electron chi connectivity index (χ4n) is 3.80. The molecule has 1 fully saturated rings. The lowest BCUT2D eigenvalue weighted by molar-refractivity contribution is -0.139. The number of amides is 1. The van der Waals surface area contributed by atoms with Crippen LogP contribution in [0.3, 0.4) is 0 Å². The molecule has 8 nitrogen and oxygen atoms in total. The van der Waals surface area contributed by atoms with Gasteiger partial charge in [0.25, 0.3) is 5.89 Å². The predicted octanol–water partition coefficient (Wildman–Crippen LogP) is 3.64. The molecule has 0 unspecified atom stereocenters. The number of hydrogen-bond donors (Lipinski definition) is 0. The first kappa shape index (κ1) is 19.4. The summed E-state index contributed by atoms with van der Waals surface area (Å²) in [4.78, 5) is 23.3. The van der Waals surface area contributed by atoms with Gasteiger partial charge in [-0.25, -0.2) is 0 Å². The van der Waals surface area contributed by atoms with Crippen molar-refractivity contribution in [1.82, 2.24) is 20.0 Å². The first-order valence-electron chi connectivity index (χ1n) is 10.2.